The molecule has 0 aromatic rings. The SMILES string of the molecule is C[C@H](CCC(=O)CCC(F)(F)S(=O)(=O)O)[C@H]1CC[C@H]2[C@@H]3C(=O)C[C@@H]4CC(=O)CC[C@]4(C)[C@H]3CC(=O)[C@]12C. The number of carbonyl (C=O) groups is 4. The summed E-state index contributed by atoms with van der Waals surface area (Å²) in [5.74, 6) is -0.387. The van der Waals surface area contributed by atoms with E-state index in [9.17, 15) is 36.4 Å². The van der Waals surface area contributed by atoms with Gasteiger partial charge < -0.3 is 0 Å². The molecule has 4 aliphatic carbocycles. The van der Waals surface area contributed by atoms with Gasteiger partial charge in [-0.1, -0.05) is 20.8 Å². The maximum atomic E-state index is 13.8. The average Bonchev–Trinajstić information content (AvgIpc) is 3.16. The fourth-order valence-corrected chi connectivity index (χ4v) is 8.88. The van der Waals surface area contributed by atoms with Crippen molar-refractivity contribution in [1.82, 2.24) is 0 Å². The van der Waals surface area contributed by atoms with Crippen molar-refractivity contribution in [2.75, 3.05) is 0 Å². The summed E-state index contributed by atoms with van der Waals surface area (Å²) in [7, 11) is -5.57. The van der Waals surface area contributed by atoms with Gasteiger partial charge in [0.15, 0.2) is 0 Å². The Kier molecular flexibility index (Phi) is 7.36. The summed E-state index contributed by atoms with van der Waals surface area (Å²) in [6, 6.07) is 0. The fourth-order valence-electron chi connectivity index (χ4n) is 8.52. The Hall–Kier alpha value is -1.55. The molecule has 0 aromatic carbocycles. The molecule has 4 rings (SSSR count). The van der Waals surface area contributed by atoms with Gasteiger partial charge in [0.05, 0.1) is 0 Å². The summed E-state index contributed by atoms with van der Waals surface area (Å²) >= 11 is 0. The van der Waals surface area contributed by atoms with Crippen LogP contribution in [-0.2, 0) is 29.3 Å². The maximum absolute atomic E-state index is 13.8. The van der Waals surface area contributed by atoms with Gasteiger partial charge in [-0.05, 0) is 60.7 Å². The highest BCUT2D eigenvalue weighted by Crippen LogP contribution is 2.66. The minimum absolute atomic E-state index is 0.00925. The molecule has 0 heterocycles. The predicted octanol–water partition coefficient (Wildman–Crippen LogP) is 4.82. The number of ketones is 4. The van der Waals surface area contributed by atoms with Crippen LogP contribution in [0.5, 0.6) is 0 Å². The number of Topliss-reactive ketones (excluding diaryl/α,β-unsaturated/α-hetero) is 4. The number of carbonyl (C=O) groups excluding carboxylic acids is 4. The Labute approximate surface area is 217 Å². The van der Waals surface area contributed by atoms with Crippen molar-refractivity contribution in [2.24, 2.45) is 46.3 Å². The molecule has 0 spiro atoms. The molecule has 0 radical (unpaired) electrons. The minimum Gasteiger partial charge on any atom is -0.300 e. The lowest BCUT2D eigenvalue weighted by Crippen LogP contribution is -2.60. The zero-order valence-electron chi connectivity index (χ0n) is 21.8. The molecule has 8 atom stereocenters. The molecule has 4 fully saturated rings. The molecular weight excluding hydrogens is 506 g/mol. The molecule has 4 saturated carbocycles. The molecule has 0 amide bonds. The molecule has 0 bridgehead atoms. The van der Waals surface area contributed by atoms with Crippen LogP contribution in [-0.4, -0.2) is 41.4 Å². The molecule has 208 valence electrons. The lowest BCUT2D eigenvalue weighted by molar-refractivity contribution is -0.166. The summed E-state index contributed by atoms with van der Waals surface area (Å²) in [4.78, 5) is 51.6. The third-order valence-electron chi connectivity index (χ3n) is 10.9. The highest BCUT2D eigenvalue weighted by atomic mass is 32.2. The topological polar surface area (TPSA) is 123 Å². The highest BCUT2D eigenvalue weighted by molar-refractivity contribution is 7.86. The van der Waals surface area contributed by atoms with E-state index in [1.807, 2.05) is 13.8 Å². The second kappa shape index (κ2) is 9.57. The van der Waals surface area contributed by atoms with Crippen molar-refractivity contribution >= 4 is 33.3 Å². The summed E-state index contributed by atoms with van der Waals surface area (Å²) in [6.45, 7) is 6.08. The van der Waals surface area contributed by atoms with Crippen LogP contribution < -0.4 is 0 Å². The first-order valence-electron chi connectivity index (χ1n) is 13.5. The molecule has 4 aliphatic rings. The van der Waals surface area contributed by atoms with Crippen LogP contribution in [0.25, 0.3) is 0 Å². The number of fused-ring (bicyclic) bond motifs is 5. The van der Waals surface area contributed by atoms with Gasteiger partial charge in [-0.25, -0.2) is 0 Å². The normalized spacial score (nSPS) is 39.1. The van der Waals surface area contributed by atoms with Gasteiger partial charge >= 0.3 is 15.4 Å². The van der Waals surface area contributed by atoms with E-state index in [2.05, 4.69) is 6.92 Å². The average molecular weight is 545 g/mol. The molecular formula is C27H38F2O7S. The van der Waals surface area contributed by atoms with E-state index in [1.165, 1.54) is 0 Å². The van der Waals surface area contributed by atoms with Crippen LogP contribution in [0.2, 0.25) is 0 Å². The minimum atomic E-state index is -5.57. The fraction of sp³-hybridized carbons (Fsp3) is 0.852. The van der Waals surface area contributed by atoms with Crippen molar-refractivity contribution < 1.29 is 40.9 Å². The monoisotopic (exact) mass is 544 g/mol. The molecule has 0 saturated heterocycles. The van der Waals surface area contributed by atoms with E-state index in [-0.39, 0.29) is 64.7 Å². The van der Waals surface area contributed by atoms with Crippen LogP contribution in [0.4, 0.5) is 8.78 Å². The standard InChI is InChI=1S/C27H38F2O7S/c1-15(4-5-17(30)9-11-27(28,29)37(34,35)36)19-6-7-20-24-21(14-23(33)26(19,20)3)25(2)10-8-18(31)12-16(25)13-22(24)32/h15-16,19-21,24H,4-14H2,1-3H3,(H,34,35,36)/t15-,16+,19-,20+,21+,24+,25+,26-/m1/s1. The molecule has 37 heavy (non-hydrogen) atoms. The third kappa shape index (κ3) is 4.74. The predicted molar refractivity (Wildman–Crippen MR) is 130 cm³/mol. The lowest BCUT2D eigenvalue weighted by Gasteiger charge is -2.58. The maximum Gasteiger partial charge on any atom is 0.370 e. The first-order chi connectivity index (χ1) is 17.0. The second-order valence-electron chi connectivity index (χ2n) is 12.6. The lowest BCUT2D eigenvalue weighted by atomic mass is 9.44. The summed E-state index contributed by atoms with van der Waals surface area (Å²) in [6.07, 6.45) is 2.30. The largest absolute Gasteiger partial charge is 0.370 e. The Morgan fingerprint density at radius 1 is 1.08 bits per heavy atom. The summed E-state index contributed by atoms with van der Waals surface area (Å²) in [5.41, 5.74) is -0.880. The molecule has 10 heteroatoms. The molecule has 0 unspecified atom stereocenters. The quantitative estimate of drug-likeness (QED) is 0.435. The Bertz CT molecular complexity index is 1100. The molecule has 0 aliphatic heterocycles. The van der Waals surface area contributed by atoms with E-state index >= 15 is 0 Å². The van der Waals surface area contributed by atoms with Crippen LogP contribution in [0, 0.1) is 46.3 Å². The molecule has 7 nitrogen and oxygen atoms in total. The Morgan fingerprint density at radius 2 is 1.76 bits per heavy atom. The van der Waals surface area contributed by atoms with E-state index in [0.717, 1.165) is 19.3 Å². The number of rotatable bonds is 8. The third-order valence-corrected chi connectivity index (χ3v) is 11.8. The van der Waals surface area contributed by atoms with E-state index < -0.39 is 39.4 Å². The van der Waals surface area contributed by atoms with Crippen LogP contribution >= 0.6 is 0 Å². The number of hydrogen-bond acceptors (Lipinski definition) is 6. The number of halogens is 2. The molecule has 0 aromatic heterocycles. The number of alkyl halides is 2. The van der Waals surface area contributed by atoms with E-state index in [4.69, 9.17) is 4.55 Å². The van der Waals surface area contributed by atoms with Gasteiger partial charge in [0.2, 0.25) is 0 Å². The van der Waals surface area contributed by atoms with Gasteiger partial charge in [-0.3, -0.25) is 23.7 Å². The zero-order chi connectivity index (χ0) is 27.6. The van der Waals surface area contributed by atoms with Crippen LogP contribution in [0.1, 0.15) is 91.4 Å². The van der Waals surface area contributed by atoms with Crippen molar-refractivity contribution in [3.63, 3.8) is 0 Å². The number of hydrogen-bond donors (Lipinski definition) is 1. The smallest absolute Gasteiger partial charge is 0.300 e. The van der Waals surface area contributed by atoms with Gasteiger partial charge in [0.25, 0.3) is 0 Å². The zero-order valence-corrected chi connectivity index (χ0v) is 22.6. The van der Waals surface area contributed by atoms with E-state index in [1.54, 1.807) is 0 Å². The van der Waals surface area contributed by atoms with Crippen molar-refractivity contribution in [2.45, 2.75) is 96.7 Å². The van der Waals surface area contributed by atoms with Gasteiger partial charge in [-0.2, -0.15) is 17.2 Å². The summed E-state index contributed by atoms with van der Waals surface area (Å²) in [5, 5.41) is -4.36. The van der Waals surface area contributed by atoms with Crippen molar-refractivity contribution in [3.05, 3.63) is 0 Å². The van der Waals surface area contributed by atoms with Crippen molar-refractivity contribution in [1.29, 1.82) is 0 Å². The first kappa shape index (κ1) is 28.5. The van der Waals surface area contributed by atoms with Gasteiger partial charge in [0.1, 0.15) is 23.1 Å². The molecule has 1 N–H and O–H groups in total. The van der Waals surface area contributed by atoms with Crippen molar-refractivity contribution in [3.8, 4) is 0 Å². The highest BCUT2D eigenvalue weighted by Gasteiger charge is 2.66. The van der Waals surface area contributed by atoms with Crippen LogP contribution in [0.15, 0.2) is 0 Å². The van der Waals surface area contributed by atoms with Crippen LogP contribution in [0.3, 0.4) is 0 Å². The van der Waals surface area contributed by atoms with E-state index in [0.29, 0.717) is 32.1 Å². The van der Waals surface area contributed by atoms with Gasteiger partial charge in [0, 0.05) is 56.3 Å². The summed E-state index contributed by atoms with van der Waals surface area (Å²) < 4.78 is 57.1. The second-order valence-corrected chi connectivity index (χ2v) is 14.2. The first-order valence-corrected chi connectivity index (χ1v) is 14.9. The Morgan fingerprint density at radius 3 is 2.41 bits per heavy atom. The van der Waals surface area contributed by atoms with Gasteiger partial charge in [-0.15, -0.1) is 0 Å². The Balaban J connectivity index is 1.44.